The highest BCUT2D eigenvalue weighted by atomic mass is 32.2. The van der Waals surface area contributed by atoms with Gasteiger partial charge in [-0.2, -0.15) is 0 Å². The first-order valence-corrected chi connectivity index (χ1v) is 10.9. The average molecular weight is 427 g/mol. The Hall–Kier alpha value is -2.67. The van der Waals surface area contributed by atoms with Gasteiger partial charge in [0.25, 0.3) is 0 Å². The van der Waals surface area contributed by atoms with Gasteiger partial charge in [-0.1, -0.05) is 49.9 Å². The molecule has 1 heterocycles. The van der Waals surface area contributed by atoms with Gasteiger partial charge in [0.2, 0.25) is 5.91 Å². The first kappa shape index (κ1) is 22.0. The number of carbonyl (C=O) groups excluding carboxylic acids is 1. The molecule has 3 rings (SSSR count). The Morgan fingerprint density at radius 2 is 1.87 bits per heavy atom. The van der Waals surface area contributed by atoms with Crippen LogP contribution in [0.3, 0.4) is 0 Å². The molecule has 0 spiro atoms. The number of hydrogen-bond acceptors (Lipinski definition) is 4. The van der Waals surface area contributed by atoms with Crippen LogP contribution in [-0.2, 0) is 11.3 Å². The van der Waals surface area contributed by atoms with Crippen molar-refractivity contribution in [1.82, 2.24) is 14.8 Å². The largest absolute Gasteiger partial charge is 0.325 e. The van der Waals surface area contributed by atoms with Gasteiger partial charge in [0.05, 0.1) is 10.8 Å². The summed E-state index contributed by atoms with van der Waals surface area (Å²) >= 11 is 1.33. The molecule has 2 aromatic carbocycles. The fraction of sp³-hybridized carbons (Fsp3) is 0.348. The van der Waals surface area contributed by atoms with Crippen LogP contribution in [0, 0.1) is 25.6 Å². The first-order valence-electron chi connectivity index (χ1n) is 9.99. The summed E-state index contributed by atoms with van der Waals surface area (Å²) in [5.74, 6) is 0.337. The van der Waals surface area contributed by atoms with Gasteiger partial charge in [0, 0.05) is 12.2 Å². The molecule has 1 aromatic heterocycles. The highest BCUT2D eigenvalue weighted by Crippen LogP contribution is 2.29. The SMILES string of the molecule is Cc1ccc(C)c(NC(=O)C(C)Sc2nnc(-c3ccccc3F)n2CC(C)C)c1. The zero-order valence-electron chi connectivity index (χ0n) is 17.9. The Bertz CT molecular complexity index is 1050. The third-order valence-corrected chi connectivity index (χ3v) is 5.76. The van der Waals surface area contributed by atoms with Crippen LogP contribution in [0.1, 0.15) is 31.9 Å². The van der Waals surface area contributed by atoms with Crippen molar-refractivity contribution >= 4 is 23.4 Å². The topological polar surface area (TPSA) is 59.8 Å². The molecule has 1 unspecified atom stereocenters. The lowest BCUT2D eigenvalue weighted by Gasteiger charge is -2.16. The second kappa shape index (κ2) is 9.43. The number of rotatable bonds is 7. The molecule has 0 aliphatic rings. The highest BCUT2D eigenvalue weighted by Gasteiger charge is 2.23. The lowest BCUT2D eigenvalue weighted by molar-refractivity contribution is -0.115. The van der Waals surface area contributed by atoms with Gasteiger partial charge in [-0.25, -0.2) is 4.39 Å². The number of amides is 1. The van der Waals surface area contributed by atoms with Crippen LogP contribution < -0.4 is 5.32 Å². The minimum absolute atomic E-state index is 0.111. The van der Waals surface area contributed by atoms with Crippen molar-refractivity contribution in [3.05, 3.63) is 59.4 Å². The molecule has 0 aliphatic carbocycles. The number of halogens is 1. The molecule has 158 valence electrons. The van der Waals surface area contributed by atoms with E-state index < -0.39 is 5.25 Å². The number of anilines is 1. The van der Waals surface area contributed by atoms with E-state index in [0.717, 1.165) is 16.8 Å². The summed E-state index contributed by atoms with van der Waals surface area (Å²) in [6.45, 7) is 10.6. The van der Waals surface area contributed by atoms with E-state index in [0.29, 0.717) is 29.0 Å². The molecule has 3 aromatic rings. The number of thioether (sulfide) groups is 1. The summed E-state index contributed by atoms with van der Waals surface area (Å²) < 4.78 is 16.3. The standard InChI is InChI=1S/C23H27FN4OS/c1-14(2)13-28-21(18-8-6-7-9-19(18)24)26-27-23(28)30-17(5)22(29)25-20-12-15(3)10-11-16(20)4/h6-12,14,17H,13H2,1-5H3,(H,25,29). The van der Waals surface area contributed by atoms with E-state index in [1.807, 2.05) is 43.5 Å². The van der Waals surface area contributed by atoms with Gasteiger partial charge >= 0.3 is 0 Å². The Labute approximate surface area is 181 Å². The fourth-order valence-electron chi connectivity index (χ4n) is 3.06. The maximum absolute atomic E-state index is 14.4. The zero-order chi connectivity index (χ0) is 21.8. The van der Waals surface area contributed by atoms with Gasteiger partial charge in [0.15, 0.2) is 11.0 Å². The molecule has 0 aliphatic heterocycles. The van der Waals surface area contributed by atoms with Crippen molar-refractivity contribution in [3.63, 3.8) is 0 Å². The van der Waals surface area contributed by atoms with Gasteiger partial charge in [-0.05, 0) is 56.0 Å². The van der Waals surface area contributed by atoms with Crippen LogP contribution in [0.25, 0.3) is 11.4 Å². The number of aromatic nitrogens is 3. The number of aryl methyl sites for hydroxylation is 2. The number of hydrogen-bond donors (Lipinski definition) is 1. The fourth-order valence-corrected chi connectivity index (χ4v) is 3.92. The van der Waals surface area contributed by atoms with Crippen LogP contribution in [0.2, 0.25) is 0 Å². The van der Waals surface area contributed by atoms with Crippen molar-refractivity contribution in [3.8, 4) is 11.4 Å². The summed E-state index contributed by atoms with van der Waals surface area (Å²) in [6.07, 6.45) is 0. The second-order valence-electron chi connectivity index (χ2n) is 7.86. The van der Waals surface area contributed by atoms with Crippen LogP contribution in [0.4, 0.5) is 10.1 Å². The predicted octanol–water partition coefficient (Wildman–Crippen LogP) is 5.48. The lowest BCUT2D eigenvalue weighted by Crippen LogP contribution is -2.23. The van der Waals surface area contributed by atoms with Crippen molar-refractivity contribution in [1.29, 1.82) is 0 Å². The van der Waals surface area contributed by atoms with Gasteiger partial charge in [0.1, 0.15) is 5.82 Å². The van der Waals surface area contributed by atoms with E-state index in [2.05, 4.69) is 29.4 Å². The molecule has 5 nitrogen and oxygen atoms in total. The summed E-state index contributed by atoms with van der Waals surface area (Å²) in [6, 6.07) is 12.5. The van der Waals surface area contributed by atoms with E-state index >= 15 is 0 Å². The minimum Gasteiger partial charge on any atom is -0.325 e. The van der Waals surface area contributed by atoms with Gasteiger partial charge in [-0.15, -0.1) is 10.2 Å². The quantitative estimate of drug-likeness (QED) is 0.509. The Balaban J connectivity index is 1.84. The van der Waals surface area contributed by atoms with Crippen molar-refractivity contribution in [2.24, 2.45) is 5.92 Å². The molecule has 30 heavy (non-hydrogen) atoms. The van der Waals surface area contributed by atoms with E-state index in [1.165, 1.54) is 17.8 Å². The molecule has 7 heteroatoms. The average Bonchev–Trinajstić information content (AvgIpc) is 3.06. The summed E-state index contributed by atoms with van der Waals surface area (Å²) in [5.41, 5.74) is 3.31. The summed E-state index contributed by atoms with van der Waals surface area (Å²) in [4.78, 5) is 12.8. The third-order valence-electron chi connectivity index (χ3n) is 4.68. The molecule has 0 saturated carbocycles. The van der Waals surface area contributed by atoms with Crippen LogP contribution >= 0.6 is 11.8 Å². The number of nitrogens with zero attached hydrogens (tertiary/aromatic N) is 3. The highest BCUT2D eigenvalue weighted by molar-refractivity contribution is 8.00. The Morgan fingerprint density at radius 1 is 1.13 bits per heavy atom. The summed E-state index contributed by atoms with van der Waals surface area (Å²) in [5, 5.41) is 11.7. The number of carbonyl (C=O) groups is 1. The maximum atomic E-state index is 14.4. The molecule has 0 fully saturated rings. The van der Waals surface area contributed by atoms with Crippen LogP contribution in [0.15, 0.2) is 47.6 Å². The monoisotopic (exact) mass is 426 g/mol. The summed E-state index contributed by atoms with van der Waals surface area (Å²) in [7, 11) is 0. The maximum Gasteiger partial charge on any atom is 0.237 e. The third kappa shape index (κ3) is 5.08. The zero-order valence-corrected chi connectivity index (χ0v) is 18.8. The van der Waals surface area contributed by atoms with Crippen molar-refractivity contribution in [2.45, 2.75) is 51.6 Å². The Kier molecular flexibility index (Phi) is 6.92. The minimum atomic E-state index is -0.395. The van der Waals surface area contributed by atoms with E-state index in [1.54, 1.807) is 18.2 Å². The van der Waals surface area contributed by atoms with Crippen molar-refractivity contribution in [2.75, 3.05) is 5.32 Å². The molecule has 1 atom stereocenters. The molecule has 0 saturated heterocycles. The predicted molar refractivity (Wildman–Crippen MR) is 120 cm³/mol. The molecule has 0 bridgehead atoms. The molecule has 1 N–H and O–H groups in total. The second-order valence-corrected chi connectivity index (χ2v) is 9.17. The smallest absolute Gasteiger partial charge is 0.237 e. The normalized spacial score (nSPS) is 12.2. The first-order chi connectivity index (χ1) is 14.3. The molecule has 1 amide bonds. The van der Waals surface area contributed by atoms with Gasteiger partial charge < -0.3 is 9.88 Å². The molecular weight excluding hydrogens is 399 g/mol. The van der Waals surface area contributed by atoms with E-state index in [4.69, 9.17) is 0 Å². The molecule has 0 radical (unpaired) electrons. The van der Waals surface area contributed by atoms with Gasteiger partial charge in [-0.3, -0.25) is 4.79 Å². The number of benzene rings is 2. The van der Waals surface area contributed by atoms with E-state index in [-0.39, 0.29) is 11.7 Å². The Morgan fingerprint density at radius 3 is 2.57 bits per heavy atom. The lowest BCUT2D eigenvalue weighted by atomic mass is 10.1. The molecular formula is C23H27FN4OS. The van der Waals surface area contributed by atoms with E-state index in [9.17, 15) is 9.18 Å². The number of nitrogens with one attached hydrogen (secondary N) is 1. The van der Waals surface area contributed by atoms with Crippen LogP contribution in [0.5, 0.6) is 0 Å². The van der Waals surface area contributed by atoms with Crippen LogP contribution in [-0.4, -0.2) is 25.9 Å². The van der Waals surface area contributed by atoms with Crippen molar-refractivity contribution < 1.29 is 9.18 Å².